The van der Waals surface area contributed by atoms with Gasteiger partial charge in [0.15, 0.2) is 11.5 Å². The molecule has 0 aromatic heterocycles. The Morgan fingerprint density at radius 1 is 1.05 bits per heavy atom. The number of carbonyl (C=O) groups is 2. The van der Waals surface area contributed by atoms with Gasteiger partial charge in [-0.1, -0.05) is 0 Å². The maximum atomic E-state index is 10.8. The lowest BCUT2D eigenvalue weighted by Gasteiger charge is -2.09. The first-order chi connectivity index (χ1) is 8.90. The summed E-state index contributed by atoms with van der Waals surface area (Å²) in [6, 6.07) is 2.48. The quantitative estimate of drug-likeness (QED) is 0.414. The van der Waals surface area contributed by atoms with Crippen molar-refractivity contribution >= 4 is 18.0 Å². The summed E-state index contributed by atoms with van der Waals surface area (Å²) in [5, 5.41) is 27.1. The van der Waals surface area contributed by atoms with Crippen LogP contribution in [0.1, 0.15) is 5.56 Å². The molecular formula is C12H12O7. The van der Waals surface area contributed by atoms with Crippen LogP contribution in [0, 0.1) is 0 Å². The van der Waals surface area contributed by atoms with Crippen molar-refractivity contribution in [3.8, 4) is 17.2 Å². The van der Waals surface area contributed by atoms with E-state index < -0.39 is 17.5 Å². The van der Waals surface area contributed by atoms with Crippen LogP contribution in [0.3, 0.4) is 0 Å². The fourth-order valence-electron chi connectivity index (χ4n) is 1.39. The highest BCUT2D eigenvalue weighted by Gasteiger charge is 2.18. The van der Waals surface area contributed by atoms with Crippen molar-refractivity contribution in [1.29, 1.82) is 0 Å². The molecule has 0 unspecified atom stereocenters. The van der Waals surface area contributed by atoms with Crippen LogP contribution in [0.4, 0.5) is 0 Å². The molecule has 0 saturated heterocycles. The van der Waals surface area contributed by atoms with Gasteiger partial charge in [-0.3, -0.25) is 0 Å². The van der Waals surface area contributed by atoms with Crippen LogP contribution >= 0.6 is 0 Å². The number of benzene rings is 1. The van der Waals surface area contributed by atoms with E-state index in [9.17, 15) is 14.7 Å². The fourth-order valence-corrected chi connectivity index (χ4v) is 1.39. The molecule has 7 heteroatoms. The molecule has 0 aliphatic carbocycles. The number of aliphatic carboxylic acids is 2. The van der Waals surface area contributed by atoms with Crippen molar-refractivity contribution in [2.45, 2.75) is 0 Å². The normalized spacial score (nSPS) is 9.58. The first kappa shape index (κ1) is 14.4. The number of hydrogen-bond acceptors (Lipinski definition) is 5. The minimum atomic E-state index is -1.58. The Hall–Kier alpha value is -2.70. The summed E-state index contributed by atoms with van der Waals surface area (Å²) in [7, 11) is 2.62. The van der Waals surface area contributed by atoms with Gasteiger partial charge in [-0.05, 0) is 12.1 Å². The first-order valence-corrected chi connectivity index (χ1v) is 5.04. The van der Waals surface area contributed by atoms with E-state index >= 15 is 0 Å². The number of aromatic hydroxyl groups is 1. The highest BCUT2D eigenvalue weighted by atomic mass is 16.5. The van der Waals surface area contributed by atoms with Gasteiger partial charge in [0, 0.05) is 11.6 Å². The van der Waals surface area contributed by atoms with Crippen LogP contribution in [0.25, 0.3) is 6.08 Å². The standard InChI is InChI=1S/C12H12O7/c1-18-9-5-8(13)10(19-2)4-6(9)3-7(11(14)15)12(16)17/h3-5,13H,1-2H3,(H,14,15)(H,16,17). The minimum absolute atomic E-state index is 0.0715. The lowest BCUT2D eigenvalue weighted by atomic mass is 10.1. The molecule has 0 aliphatic rings. The van der Waals surface area contributed by atoms with Gasteiger partial charge < -0.3 is 24.8 Å². The summed E-state index contributed by atoms with van der Waals surface area (Å²) in [5.74, 6) is -3.17. The molecule has 3 N–H and O–H groups in total. The highest BCUT2D eigenvalue weighted by Crippen LogP contribution is 2.34. The largest absolute Gasteiger partial charge is 0.504 e. The van der Waals surface area contributed by atoms with Crippen LogP contribution in [0.15, 0.2) is 17.7 Å². The van der Waals surface area contributed by atoms with Crippen molar-refractivity contribution in [3.05, 3.63) is 23.3 Å². The molecular weight excluding hydrogens is 256 g/mol. The fraction of sp³-hybridized carbons (Fsp3) is 0.167. The molecule has 7 nitrogen and oxygen atoms in total. The second kappa shape index (κ2) is 5.76. The van der Waals surface area contributed by atoms with Crippen LogP contribution < -0.4 is 9.47 Å². The van der Waals surface area contributed by atoms with Crippen LogP contribution in [0.2, 0.25) is 0 Å². The number of phenols is 1. The molecule has 0 radical (unpaired) electrons. The topological polar surface area (TPSA) is 113 Å². The molecule has 0 fully saturated rings. The monoisotopic (exact) mass is 268 g/mol. The summed E-state index contributed by atoms with van der Waals surface area (Å²) < 4.78 is 9.80. The number of carboxylic acids is 2. The molecule has 0 saturated carbocycles. The minimum Gasteiger partial charge on any atom is -0.504 e. The molecule has 102 valence electrons. The van der Waals surface area contributed by atoms with E-state index in [0.29, 0.717) is 0 Å². The molecule has 0 bridgehead atoms. The number of rotatable bonds is 5. The number of hydrogen-bond donors (Lipinski definition) is 3. The molecule has 0 amide bonds. The van der Waals surface area contributed by atoms with Crippen molar-refractivity contribution < 1.29 is 34.4 Å². The number of carboxylic acid groups (broad SMARTS) is 2. The number of ether oxygens (including phenoxy) is 2. The van der Waals surface area contributed by atoms with E-state index in [1.165, 1.54) is 26.4 Å². The number of phenolic OH excluding ortho intramolecular Hbond substituents is 1. The summed E-state index contributed by atoms with van der Waals surface area (Å²) >= 11 is 0. The van der Waals surface area contributed by atoms with E-state index in [1.807, 2.05) is 0 Å². The summed E-state index contributed by atoms with van der Waals surface area (Å²) in [5.41, 5.74) is -0.664. The van der Waals surface area contributed by atoms with Gasteiger partial charge in [0.05, 0.1) is 14.2 Å². The third kappa shape index (κ3) is 3.15. The van der Waals surface area contributed by atoms with Crippen molar-refractivity contribution in [2.24, 2.45) is 0 Å². The summed E-state index contributed by atoms with van der Waals surface area (Å²) in [4.78, 5) is 21.6. The van der Waals surface area contributed by atoms with Gasteiger partial charge in [0.1, 0.15) is 11.3 Å². The Balaban J connectivity index is 3.44. The second-order valence-electron chi connectivity index (χ2n) is 3.43. The van der Waals surface area contributed by atoms with Crippen molar-refractivity contribution in [3.63, 3.8) is 0 Å². The van der Waals surface area contributed by atoms with Gasteiger partial charge in [-0.25, -0.2) is 9.59 Å². The maximum absolute atomic E-state index is 10.8. The molecule has 1 rings (SSSR count). The summed E-state index contributed by atoms with van der Waals surface area (Å²) in [6.07, 6.45) is 0.922. The Bertz CT molecular complexity index is 529. The average molecular weight is 268 g/mol. The lowest BCUT2D eigenvalue weighted by molar-refractivity contribution is -0.140. The Labute approximate surface area is 108 Å². The second-order valence-corrected chi connectivity index (χ2v) is 3.43. The smallest absolute Gasteiger partial charge is 0.343 e. The van der Waals surface area contributed by atoms with Crippen LogP contribution in [0.5, 0.6) is 17.2 Å². The Morgan fingerprint density at radius 2 is 1.58 bits per heavy atom. The van der Waals surface area contributed by atoms with Gasteiger partial charge in [-0.15, -0.1) is 0 Å². The average Bonchev–Trinajstić information content (AvgIpc) is 2.35. The maximum Gasteiger partial charge on any atom is 0.343 e. The van der Waals surface area contributed by atoms with E-state index in [2.05, 4.69) is 0 Å². The highest BCUT2D eigenvalue weighted by molar-refractivity contribution is 6.16. The zero-order chi connectivity index (χ0) is 14.6. The third-order valence-corrected chi connectivity index (χ3v) is 2.29. The third-order valence-electron chi connectivity index (χ3n) is 2.29. The Morgan fingerprint density at radius 3 is 2.00 bits per heavy atom. The van der Waals surface area contributed by atoms with E-state index in [0.717, 1.165) is 6.08 Å². The van der Waals surface area contributed by atoms with Crippen molar-refractivity contribution in [1.82, 2.24) is 0 Å². The zero-order valence-corrected chi connectivity index (χ0v) is 10.2. The lowest BCUT2D eigenvalue weighted by Crippen LogP contribution is -2.11. The van der Waals surface area contributed by atoms with E-state index in [4.69, 9.17) is 19.7 Å². The SMILES string of the molecule is COc1cc(C=C(C(=O)O)C(=O)O)c(OC)cc1O. The molecule has 1 aromatic carbocycles. The van der Waals surface area contributed by atoms with Gasteiger partial charge in [0.2, 0.25) is 0 Å². The van der Waals surface area contributed by atoms with Crippen LogP contribution in [-0.2, 0) is 9.59 Å². The molecule has 19 heavy (non-hydrogen) atoms. The molecule has 0 aliphatic heterocycles. The summed E-state index contributed by atoms with van der Waals surface area (Å²) in [6.45, 7) is 0. The predicted molar refractivity (Wildman–Crippen MR) is 64.5 cm³/mol. The Kier molecular flexibility index (Phi) is 4.36. The molecule has 0 spiro atoms. The molecule has 0 atom stereocenters. The first-order valence-electron chi connectivity index (χ1n) is 5.04. The van der Waals surface area contributed by atoms with E-state index in [1.54, 1.807) is 0 Å². The molecule has 1 aromatic rings. The van der Waals surface area contributed by atoms with Gasteiger partial charge in [-0.2, -0.15) is 0 Å². The zero-order valence-electron chi connectivity index (χ0n) is 10.2. The van der Waals surface area contributed by atoms with Crippen molar-refractivity contribution in [2.75, 3.05) is 14.2 Å². The van der Waals surface area contributed by atoms with Gasteiger partial charge in [0.25, 0.3) is 0 Å². The molecule has 0 heterocycles. The predicted octanol–water partition coefficient (Wildman–Crippen LogP) is 0.962. The van der Waals surface area contributed by atoms with Crippen LogP contribution in [-0.4, -0.2) is 41.5 Å². The van der Waals surface area contributed by atoms with Gasteiger partial charge >= 0.3 is 11.9 Å². The van der Waals surface area contributed by atoms with E-state index in [-0.39, 0.29) is 22.8 Å². The number of methoxy groups -OCH3 is 2.